The number of aryl methyl sites for hydroxylation is 1. The van der Waals surface area contributed by atoms with Crippen LogP contribution in [0.3, 0.4) is 0 Å². The molecule has 2 amide bonds. The number of amides is 2. The van der Waals surface area contributed by atoms with E-state index >= 15 is 0 Å². The fourth-order valence-corrected chi connectivity index (χ4v) is 8.26. The van der Waals surface area contributed by atoms with Crippen molar-refractivity contribution >= 4 is 51.6 Å². The first-order chi connectivity index (χ1) is 38.9. The minimum atomic E-state index is -0.998. The van der Waals surface area contributed by atoms with Gasteiger partial charge in [0, 0.05) is 63.1 Å². The Morgan fingerprint density at radius 3 is 1.04 bits per heavy atom. The molecule has 0 heterocycles. The van der Waals surface area contributed by atoms with Gasteiger partial charge in [-0.25, -0.2) is 0 Å². The molecule has 4 aromatic rings. The van der Waals surface area contributed by atoms with E-state index in [0.29, 0.717) is 51.2 Å². The zero-order chi connectivity index (χ0) is 63.3. The van der Waals surface area contributed by atoms with E-state index in [1.807, 2.05) is 109 Å². The van der Waals surface area contributed by atoms with Crippen molar-refractivity contribution in [3.8, 4) is 0 Å². The highest BCUT2D eigenvalue weighted by Gasteiger charge is 2.30. The van der Waals surface area contributed by atoms with E-state index in [9.17, 15) is 28.8 Å². The van der Waals surface area contributed by atoms with Crippen molar-refractivity contribution in [1.29, 1.82) is 0 Å². The highest BCUT2D eigenvalue weighted by atomic mass is 79.9. The Labute approximate surface area is 514 Å². The maximum atomic E-state index is 12.8. The van der Waals surface area contributed by atoms with Gasteiger partial charge in [0.05, 0.1) is 19.8 Å². The highest BCUT2D eigenvalue weighted by molar-refractivity contribution is 9.09. The first-order valence-corrected chi connectivity index (χ1v) is 29.5. The van der Waals surface area contributed by atoms with Crippen LogP contribution in [0.4, 0.5) is 0 Å². The van der Waals surface area contributed by atoms with Gasteiger partial charge in [-0.3, -0.25) is 28.8 Å². The molecule has 84 heavy (non-hydrogen) atoms. The molecule has 0 saturated carbocycles. The molecule has 0 aliphatic rings. The van der Waals surface area contributed by atoms with Gasteiger partial charge in [-0.05, 0) is 135 Å². The van der Waals surface area contributed by atoms with Gasteiger partial charge in [-0.2, -0.15) is 0 Å². The fraction of sp³-hybridized carbons (Fsp3) is 0.545. The average molecular weight is 1240 g/mol. The summed E-state index contributed by atoms with van der Waals surface area (Å²) < 4.78 is 14.5. The van der Waals surface area contributed by atoms with Crippen LogP contribution in [0.1, 0.15) is 127 Å². The summed E-state index contributed by atoms with van der Waals surface area (Å²) in [7, 11) is 16.2. The van der Waals surface area contributed by atoms with E-state index in [2.05, 4.69) is 112 Å². The molecule has 0 aromatic heterocycles. The van der Waals surface area contributed by atoms with Crippen molar-refractivity contribution in [3.63, 3.8) is 0 Å². The summed E-state index contributed by atoms with van der Waals surface area (Å²) in [5.74, 6) is -1.89. The van der Waals surface area contributed by atoms with E-state index in [4.69, 9.17) is 20.3 Å². The molecule has 472 valence electrons. The summed E-state index contributed by atoms with van der Waals surface area (Å²) >= 11 is 2.94. The summed E-state index contributed by atoms with van der Waals surface area (Å²) in [4.78, 5) is 81.1. The number of hydrogen-bond acceptors (Lipinski definition) is 14. The largest absolute Gasteiger partial charge is 0.480 e. The summed E-state index contributed by atoms with van der Waals surface area (Å²) in [5, 5.41) is 9.38. The van der Waals surface area contributed by atoms with Crippen molar-refractivity contribution < 1.29 is 48.1 Å². The molecule has 4 aromatic carbocycles. The minimum Gasteiger partial charge on any atom is -0.480 e. The topological polar surface area (TPSA) is 196 Å². The molecule has 0 unspecified atom stereocenters. The predicted octanol–water partition coefficient (Wildman–Crippen LogP) is 10.3. The Hall–Kier alpha value is -6.02. The van der Waals surface area contributed by atoms with Crippen LogP contribution in [0.15, 0.2) is 97.1 Å². The second-order valence-electron chi connectivity index (χ2n) is 22.8. The molecule has 0 fully saturated rings. The zero-order valence-electron chi connectivity index (χ0n) is 53.3. The maximum absolute atomic E-state index is 12.8. The van der Waals surface area contributed by atoms with Crippen LogP contribution in [-0.4, -0.2) is 165 Å². The fourth-order valence-electron chi connectivity index (χ4n) is 8.10. The molecule has 17 nitrogen and oxygen atoms in total. The van der Waals surface area contributed by atoms with Gasteiger partial charge in [-0.1, -0.05) is 162 Å². The molecule has 3 N–H and O–H groups in total. The number of esters is 3. The quantitative estimate of drug-likeness (QED) is 0.0361. The number of carboxylic acid groups (broad SMARTS) is 1. The van der Waals surface area contributed by atoms with Crippen molar-refractivity contribution in [1.82, 2.24) is 29.4 Å². The number of halogens is 1. The molecule has 0 bridgehead atoms. The number of hydrogen-bond donors (Lipinski definition) is 2. The monoisotopic (exact) mass is 1240 g/mol. The van der Waals surface area contributed by atoms with Crippen LogP contribution >= 0.6 is 15.9 Å². The third-order valence-electron chi connectivity index (χ3n) is 11.7. The second kappa shape index (κ2) is 43.6. The molecule has 0 saturated heterocycles. The first-order valence-electron chi connectivity index (χ1n) is 28.3. The Bertz CT molecular complexity index is 2520. The smallest absolute Gasteiger partial charge is 0.325 e. The van der Waals surface area contributed by atoms with E-state index in [0.717, 1.165) is 61.3 Å². The van der Waals surface area contributed by atoms with Gasteiger partial charge in [0.25, 0.3) is 0 Å². The van der Waals surface area contributed by atoms with Crippen molar-refractivity contribution in [2.75, 3.05) is 94.6 Å². The number of benzene rings is 4. The Morgan fingerprint density at radius 1 is 0.452 bits per heavy atom. The van der Waals surface area contributed by atoms with Crippen molar-refractivity contribution in [2.45, 2.75) is 135 Å². The Kier molecular flexibility index (Phi) is 41.5. The number of carbonyl (C=O) groups is 6. The standard InChI is InChI=1S/C19H30N2O3.C17H26N2O3.C15H23NO2.C10H16N2.C4H7BrO2.CH4/c1-7-24-17(22)14-21(18(23)19(2,3)4)13-16-11-9-8-10-15(16)12-20(5)6;1-17(2,3)16(22)19(12-15(20)21)11-14-9-7-6-8-13(14)10-18(4)5;1-4-18-15(17)11-7-10-13-8-5-6-9-14(13)12-16(2)3;1-12(2)8-10-6-4-3-5-9(10)7-11;1-2-7-4(6)3-5;/h8-11H,7,12-14H2,1-6H3;6-9H,10-12H2,1-5H3,(H,20,21);5-6,8-9H,4,7,10-12H2,1-3H3;3-6H,7-8,11H2,1-2H3;2-3H2,1H3;1H4. The van der Waals surface area contributed by atoms with Crippen molar-refractivity contribution in [3.05, 3.63) is 142 Å². The summed E-state index contributed by atoms with van der Waals surface area (Å²) in [5.41, 5.74) is 14.0. The van der Waals surface area contributed by atoms with E-state index in [1.54, 1.807) is 39.5 Å². The number of aliphatic carboxylic acids is 1. The lowest BCUT2D eigenvalue weighted by Crippen LogP contribution is -2.42. The van der Waals surface area contributed by atoms with Gasteiger partial charge in [-0.15, -0.1) is 0 Å². The van der Waals surface area contributed by atoms with Gasteiger partial charge in [0.2, 0.25) is 11.8 Å². The van der Waals surface area contributed by atoms with Crippen molar-refractivity contribution in [2.24, 2.45) is 16.6 Å². The number of carboxylic acids is 1. The minimum absolute atomic E-state index is 0. The number of nitrogens with two attached hydrogens (primary N) is 1. The van der Waals surface area contributed by atoms with E-state index in [1.165, 1.54) is 27.2 Å². The lowest BCUT2D eigenvalue weighted by atomic mass is 9.94. The van der Waals surface area contributed by atoms with Gasteiger partial charge in [0.15, 0.2) is 0 Å². The molecule has 4 rings (SSSR count). The van der Waals surface area contributed by atoms with Crippen LogP contribution in [-0.2, 0) is 95.2 Å². The number of carbonyl (C=O) groups excluding carboxylic acids is 5. The summed E-state index contributed by atoms with van der Waals surface area (Å²) in [6.45, 7) is 22.1. The Morgan fingerprint density at radius 2 is 0.738 bits per heavy atom. The first kappa shape index (κ1) is 80.0. The number of alkyl halides is 1. The van der Waals surface area contributed by atoms with Gasteiger partial charge >= 0.3 is 23.9 Å². The molecular formula is C66H106BrN7O10. The molecule has 0 radical (unpaired) electrons. The second-order valence-corrected chi connectivity index (χ2v) is 23.4. The lowest BCUT2D eigenvalue weighted by Gasteiger charge is -2.29. The van der Waals surface area contributed by atoms with Crippen LogP contribution in [0, 0.1) is 10.8 Å². The molecule has 18 heteroatoms. The van der Waals surface area contributed by atoms with Crippen LogP contribution in [0.2, 0.25) is 0 Å². The maximum Gasteiger partial charge on any atom is 0.325 e. The van der Waals surface area contributed by atoms with E-state index in [-0.39, 0.29) is 50.2 Å². The number of nitrogens with zero attached hydrogens (tertiary/aromatic N) is 6. The molecular weight excluding hydrogens is 1130 g/mol. The SMILES string of the molecule is C.CCOC(=O)CBr.CCOC(=O)CCCc1ccccc1CN(C)C.CCOC(=O)CN(Cc1ccccc1CN(C)C)C(=O)C(C)(C)C.CN(C)Cc1ccccc1CN.CN(C)Cc1ccccc1CN(CC(=O)O)C(=O)C(C)(C)C. The predicted molar refractivity (Wildman–Crippen MR) is 344 cm³/mol. The normalized spacial score (nSPS) is 10.8. The summed E-state index contributed by atoms with van der Waals surface area (Å²) in [6.07, 6.45) is 2.29. The molecule has 0 aliphatic heterocycles. The third-order valence-corrected chi connectivity index (χ3v) is 12.2. The Balaban J connectivity index is 0. The van der Waals surface area contributed by atoms with Crippen LogP contribution < -0.4 is 5.73 Å². The molecule has 0 spiro atoms. The van der Waals surface area contributed by atoms with Gasteiger partial charge in [0.1, 0.15) is 18.4 Å². The third kappa shape index (κ3) is 36.0. The van der Waals surface area contributed by atoms with E-state index < -0.39 is 16.8 Å². The van der Waals surface area contributed by atoms with Gasteiger partial charge < -0.3 is 54.5 Å². The molecule has 0 atom stereocenters. The molecule has 0 aliphatic carbocycles. The number of ether oxygens (including phenoxy) is 3. The van der Waals surface area contributed by atoms with Crippen LogP contribution in [0.25, 0.3) is 0 Å². The highest BCUT2D eigenvalue weighted by Crippen LogP contribution is 2.23. The average Bonchev–Trinajstić information content (AvgIpc) is 3.55. The summed E-state index contributed by atoms with van der Waals surface area (Å²) in [6, 6.07) is 32.5. The number of rotatable bonds is 25. The van der Waals surface area contributed by atoms with Crippen LogP contribution in [0.5, 0.6) is 0 Å². The lowest BCUT2D eigenvalue weighted by molar-refractivity contribution is -0.152. The zero-order valence-corrected chi connectivity index (χ0v) is 54.9.